The molecular formula is C20H30N4O3. The minimum Gasteiger partial charge on any atom is -0.356 e. The summed E-state index contributed by atoms with van der Waals surface area (Å²) in [7, 11) is 0. The molecule has 2 unspecified atom stereocenters. The number of carbonyl (C=O) groups excluding carboxylic acids is 3. The van der Waals surface area contributed by atoms with Crippen molar-refractivity contribution in [2.24, 2.45) is 11.8 Å². The van der Waals surface area contributed by atoms with E-state index in [0.29, 0.717) is 55.8 Å². The first-order valence-electron chi connectivity index (χ1n) is 9.82. The molecule has 2 aliphatic rings. The summed E-state index contributed by atoms with van der Waals surface area (Å²) in [6.07, 6.45) is 2.76. The Bertz CT molecular complexity index is 696. The molecule has 2 saturated heterocycles. The molecule has 27 heavy (non-hydrogen) atoms. The number of nitrogens with one attached hydrogen (secondary N) is 1. The lowest BCUT2D eigenvalue weighted by Gasteiger charge is -2.38. The van der Waals surface area contributed by atoms with Crippen molar-refractivity contribution in [3.8, 4) is 0 Å². The molecule has 0 radical (unpaired) electrons. The molecule has 1 aromatic rings. The molecule has 0 spiro atoms. The molecule has 7 heteroatoms. The second kappa shape index (κ2) is 8.25. The number of aromatic amines is 1. The van der Waals surface area contributed by atoms with Crippen molar-refractivity contribution in [3.63, 3.8) is 0 Å². The Morgan fingerprint density at radius 3 is 2.22 bits per heavy atom. The first kappa shape index (κ1) is 19.6. The number of H-pyrrole nitrogens is 1. The summed E-state index contributed by atoms with van der Waals surface area (Å²) in [4.78, 5) is 45.4. The predicted molar refractivity (Wildman–Crippen MR) is 103 cm³/mol. The number of amides is 2. The predicted octanol–water partition coefficient (Wildman–Crippen LogP) is 1.48. The zero-order valence-electron chi connectivity index (χ0n) is 16.5. The van der Waals surface area contributed by atoms with E-state index in [-0.39, 0.29) is 17.6 Å². The van der Waals surface area contributed by atoms with Gasteiger partial charge in [0.25, 0.3) is 5.91 Å². The van der Waals surface area contributed by atoms with Crippen molar-refractivity contribution in [1.29, 1.82) is 0 Å². The number of ketones is 1. The van der Waals surface area contributed by atoms with E-state index in [1.165, 1.54) is 13.3 Å². The molecule has 0 aliphatic carbocycles. The monoisotopic (exact) mass is 374 g/mol. The van der Waals surface area contributed by atoms with Crippen LogP contribution in [-0.2, 0) is 4.79 Å². The lowest BCUT2D eigenvalue weighted by atomic mass is 9.92. The van der Waals surface area contributed by atoms with Crippen molar-refractivity contribution in [1.82, 2.24) is 19.7 Å². The van der Waals surface area contributed by atoms with Crippen LogP contribution in [0.25, 0.3) is 0 Å². The summed E-state index contributed by atoms with van der Waals surface area (Å²) < 4.78 is 0. The summed E-state index contributed by atoms with van der Waals surface area (Å²) in [5.41, 5.74) is 0.966. The zero-order valence-corrected chi connectivity index (χ0v) is 16.5. The van der Waals surface area contributed by atoms with Gasteiger partial charge in [-0.15, -0.1) is 0 Å². The Hall–Kier alpha value is -2.15. The first-order valence-corrected chi connectivity index (χ1v) is 9.82. The highest BCUT2D eigenvalue weighted by Gasteiger charge is 2.28. The average Bonchev–Trinajstić information content (AvgIpc) is 3.11. The number of piperazine rings is 1. The van der Waals surface area contributed by atoms with E-state index >= 15 is 0 Å². The number of Topliss-reactive ketones (excluding diaryl/α,β-unsaturated/α-hetero) is 1. The van der Waals surface area contributed by atoms with Gasteiger partial charge in [-0.2, -0.15) is 0 Å². The molecule has 148 valence electrons. The minimum atomic E-state index is -0.0906. The number of rotatable bonds is 4. The van der Waals surface area contributed by atoms with Crippen LogP contribution in [0.4, 0.5) is 0 Å². The summed E-state index contributed by atoms with van der Waals surface area (Å²) in [5.74, 6) is 1.17. The Balaban J connectivity index is 1.49. The molecule has 3 heterocycles. The largest absolute Gasteiger partial charge is 0.356 e. The van der Waals surface area contributed by atoms with Crippen molar-refractivity contribution in [3.05, 3.63) is 23.5 Å². The van der Waals surface area contributed by atoms with Gasteiger partial charge in [0.15, 0.2) is 5.78 Å². The van der Waals surface area contributed by atoms with Crippen LogP contribution in [-0.4, -0.2) is 83.1 Å². The molecule has 0 aromatic carbocycles. The molecule has 2 atom stereocenters. The average molecular weight is 374 g/mol. The fourth-order valence-corrected chi connectivity index (χ4v) is 4.16. The van der Waals surface area contributed by atoms with Crippen LogP contribution in [0, 0.1) is 11.8 Å². The number of carbonyl (C=O) groups is 3. The van der Waals surface area contributed by atoms with Gasteiger partial charge in [0.05, 0.1) is 6.54 Å². The number of hydrogen-bond donors (Lipinski definition) is 1. The molecule has 1 N–H and O–H groups in total. The van der Waals surface area contributed by atoms with Crippen LogP contribution < -0.4 is 0 Å². The van der Waals surface area contributed by atoms with Gasteiger partial charge >= 0.3 is 0 Å². The molecule has 7 nitrogen and oxygen atoms in total. The van der Waals surface area contributed by atoms with E-state index in [2.05, 4.69) is 23.7 Å². The molecular weight excluding hydrogens is 344 g/mol. The van der Waals surface area contributed by atoms with Gasteiger partial charge in [-0.3, -0.25) is 19.3 Å². The Morgan fingerprint density at radius 2 is 1.67 bits per heavy atom. The van der Waals surface area contributed by atoms with Gasteiger partial charge in [0.1, 0.15) is 5.69 Å². The highest BCUT2D eigenvalue weighted by Crippen LogP contribution is 2.21. The van der Waals surface area contributed by atoms with Gasteiger partial charge in [-0.1, -0.05) is 13.8 Å². The fourth-order valence-electron chi connectivity index (χ4n) is 4.16. The summed E-state index contributed by atoms with van der Waals surface area (Å²) in [5, 5.41) is 0. The SMILES string of the molecule is CC(=O)c1c[nH]c(C(=O)N2CCN(CC(=O)N3CC(C)CC(C)C3)CC2)c1. The minimum absolute atomic E-state index is 0.0602. The van der Waals surface area contributed by atoms with E-state index in [1.54, 1.807) is 17.2 Å². The lowest BCUT2D eigenvalue weighted by Crippen LogP contribution is -2.53. The summed E-state index contributed by atoms with van der Waals surface area (Å²) >= 11 is 0. The van der Waals surface area contributed by atoms with Crippen LogP contribution in [0.1, 0.15) is 48.0 Å². The standard InChI is InChI=1S/C20H30N4O3/c1-14-8-15(2)12-24(11-14)19(26)13-22-4-6-23(7-5-22)20(27)18-9-17(10-21-18)16(3)25/h9-10,14-15,21H,4-8,11-13H2,1-3H3. The third kappa shape index (κ3) is 4.77. The maximum absolute atomic E-state index is 12.6. The number of aromatic nitrogens is 1. The van der Waals surface area contributed by atoms with Gasteiger partial charge in [-0.05, 0) is 31.2 Å². The topological polar surface area (TPSA) is 76.7 Å². The van der Waals surface area contributed by atoms with E-state index < -0.39 is 0 Å². The second-order valence-corrected chi connectivity index (χ2v) is 8.17. The van der Waals surface area contributed by atoms with Gasteiger partial charge in [0.2, 0.25) is 5.91 Å². The molecule has 1 aromatic heterocycles. The van der Waals surface area contributed by atoms with Crippen molar-refractivity contribution in [2.45, 2.75) is 27.2 Å². The number of nitrogens with zero attached hydrogens (tertiary/aromatic N) is 3. The number of hydrogen-bond acceptors (Lipinski definition) is 4. The molecule has 2 aliphatic heterocycles. The van der Waals surface area contributed by atoms with E-state index in [0.717, 1.165) is 13.1 Å². The highest BCUT2D eigenvalue weighted by molar-refractivity contribution is 5.99. The Labute approximate surface area is 160 Å². The second-order valence-electron chi connectivity index (χ2n) is 8.17. The van der Waals surface area contributed by atoms with E-state index in [9.17, 15) is 14.4 Å². The van der Waals surface area contributed by atoms with Crippen molar-refractivity contribution >= 4 is 17.6 Å². The molecule has 0 bridgehead atoms. The lowest BCUT2D eigenvalue weighted by molar-refractivity contribution is -0.135. The van der Waals surface area contributed by atoms with Gasteiger partial charge < -0.3 is 14.8 Å². The molecule has 2 fully saturated rings. The molecule has 3 rings (SSSR count). The number of likely N-dealkylation sites (tertiary alicyclic amines) is 1. The van der Waals surface area contributed by atoms with Crippen LogP contribution in [0.2, 0.25) is 0 Å². The summed E-state index contributed by atoms with van der Waals surface area (Å²) in [6, 6.07) is 1.61. The molecule has 2 amide bonds. The van der Waals surface area contributed by atoms with Crippen molar-refractivity contribution < 1.29 is 14.4 Å². The summed E-state index contributed by atoms with van der Waals surface area (Å²) in [6.45, 7) is 10.6. The molecule has 0 saturated carbocycles. The maximum Gasteiger partial charge on any atom is 0.270 e. The van der Waals surface area contributed by atoms with Crippen LogP contribution in [0.5, 0.6) is 0 Å². The van der Waals surface area contributed by atoms with Crippen LogP contribution in [0.15, 0.2) is 12.3 Å². The van der Waals surface area contributed by atoms with Gasteiger partial charge in [-0.25, -0.2) is 0 Å². The van der Waals surface area contributed by atoms with Gasteiger partial charge in [0, 0.05) is 51.0 Å². The van der Waals surface area contributed by atoms with Crippen molar-refractivity contribution in [2.75, 3.05) is 45.8 Å². The third-order valence-electron chi connectivity index (χ3n) is 5.56. The first-order chi connectivity index (χ1) is 12.8. The smallest absolute Gasteiger partial charge is 0.270 e. The van der Waals surface area contributed by atoms with E-state index in [1.807, 2.05) is 4.90 Å². The third-order valence-corrected chi connectivity index (χ3v) is 5.56. The Kier molecular flexibility index (Phi) is 5.99. The number of piperidine rings is 1. The Morgan fingerprint density at radius 1 is 1.04 bits per heavy atom. The van der Waals surface area contributed by atoms with Crippen LogP contribution in [0.3, 0.4) is 0 Å². The highest BCUT2D eigenvalue weighted by atomic mass is 16.2. The fraction of sp³-hybridized carbons (Fsp3) is 0.650. The quantitative estimate of drug-likeness (QED) is 0.810. The maximum atomic E-state index is 12.6. The zero-order chi connectivity index (χ0) is 19.6. The van der Waals surface area contributed by atoms with E-state index in [4.69, 9.17) is 0 Å². The normalized spacial score (nSPS) is 24.1. The van der Waals surface area contributed by atoms with Crippen LogP contribution >= 0.6 is 0 Å².